The highest BCUT2D eigenvalue weighted by Crippen LogP contribution is 2.15. The highest BCUT2D eigenvalue weighted by atomic mass is 14.9. The van der Waals surface area contributed by atoms with Gasteiger partial charge in [-0.05, 0) is 55.6 Å². The lowest BCUT2D eigenvalue weighted by Gasteiger charge is -2.03. The molecular weight excluding hydrogens is 270 g/mol. The Balaban J connectivity index is 1.65. The molecule has 0 spiro atoms. The second-order valence-corrected chi connectivity index (χ2v) is 5.72. The van der Waals surface area contributed by atoms with Crippen molar-refractivity contribution in [3.8, 4) is 11.1 Å². The molecule has 2 heterocycles. The van der Waals surface area contributed by atoms with Crippen LogP contribution < -0.4 is 9.88 Å². The Kier molecular flexibility index (Phi) is 7.61. The van der Waals surface area contributed by atoms with E-state index >= 15 is 0 Å². The Labute approximate surface area is 134 Å². The van der Waals surface area contributed by atoms with Gasteiger partial charge >= 0.3 is 0 Å². The van der Waals surface area contributed by atoms with Crippen molar-refractivity contribution in [1.29, 1.82) is 0 Å². The number of hydrogen-bond acceptors (Lipinski definition) is 2. The summed E-state index contributed by atoms with van der Waals surface area (Å²) in [5.41, 5.74) is 2.47. The summed E-state index contributed by atoms with van der Waals surface area (Å²) < 4.78 is 2.27. The summed E-state index contributed by atoms with van der Waals surface area (Å²) in [5.74, 6) is 0. The molecule has 0 aliphatic carbocycles. The molecule has 0 aromatic carbocycles. The van der Waals surface area contributed by atoms with Crippen LogP contribution in [0.3, 0.4) is 0 Å². The average Bonchev–Trinajstić information content (AvgIpc) is 2.59. The summed E-state index contributed by atoms with van der Waals surface area (Å²) in [6, 6.07) is 8.46. The second kappa shape index (κ2) is 10.1. The van der Waals surface area contributed by atoms with Crippen LogP contribution in [0.2, 0.25) is 0 Å². The summed E-state index contributed by atoms with van der Waals surface area (Å²) in [7, 11) is 0. The van der Waals surface area contributed by atoms with Crippen molar-refractivity contribution in [2.45, 2.75) is 45.6 Å². The molecular formula is C19H28N3+. The highest BCUT2D eigenvalue weighted by molar-refractivity contribution is 5.61. The van der Waals surface area contributed by atoms with Crippen LogP contribution in [0.25, 0.3) is 11.1 Å². The van der Waals surface area contributed by atoms with Crippen molar-refractivity contribution in [3.63, 3.8) is 0 Å². The van der Waals surface area contributed by atoms with E-state index in [2.05, 4.69) is 46.3 Å². The van der Waals surface area contributed by atoms with Gasteiger partial charge in [0, 0.05) is 30.9 Å². The Morgan fingerprint density at radius 2 is 1.55 bits per heavy atom. The van der Waals surface area contributed by atoms with Gasteiger partial charge in [-0.15, -0.1) is 0 Å². The van der Waals surface area contributed by atoms with Crippen molar-refractivity contribution in [1.82, 2.24) is 10.3 Å². The summed E-state index contributed by atoms with van der Waals surface area (Å²) in [4.78, 5) is 4.06. The topological polar surface area (TPSA) is 28.8 Å². The molecule has 0 atom stereocenters. The van der Waals surface area contributed by atoms with Gasteiger partial charge in [0.1, 0.15) is 6.54 Å². The molecule has 2 aromatic heterocycles. The Hall–Kier alpha value is -1.74. The molecule has 0 aliphatic rings. The molecule has 3 heteroatoms. The number of hydrogen-bond donors (Lipinski definition) is 1. The van der Waals surface area contributed by atoms with Crippen molar-refractivity contribution >= 4 is 0 Å². The lowest BCUT2D eigenvalue weighted by atomic mass is 10.1. The van der Waals surface area contributed by atoms with Crippen molar-refractivity contribution in [2.75, 3.05) is 13.1 Å². The van der Waals surface area contributed by atoms with Gasteiger partial charge in [0.2, 0.25) is 0 Å². The third kappa shape index (κ3) is 5.94. The number of pyridine rings is 2. The normalized spacial score (nSPS) is 10.8. The van der Waals surface area contributed by atoms with E-state index in [0.29, 0.717) is 0 Å². The fourth-order valence-electron chi connectivity index (χ4n) is 2.49. The SMILES string of the molecule is CCCCNCCCCC[n+]1ccc(-c2ccncc2)cc1. The van der Waals surface area contributed by atoms with Gasteiger partial charge in [-0.3, -0.25) is 4.98 Å². The van der Waals surface area contributed by atoms with Crippen molar-refractivity contribution in [2.24, 2.45) is 0 Å². The molecule has 2 aromatic rings. The summed E-state index contributed by atoms with van der Waals surface area (Å²) in [6.45, 7) is 5.66. The molecule has 0 bridgehead atoms. The van der Waals surface area contributed by atoms with Gasteiger partial charge in [0.05, 0.1) is 0 Å². The third-order valence-corrected chi connectivity index (χ3v) is 3.88. The van der Waals surface area contributed by atoms with E-state index in [-0.39, 0.29) is 0 Å². The largest absolute Gasteiger partial charge is 0.317 e. The van der Waals surface area contributed by atoms with Crippen molar-refractivity contribution < 1.29 is 4.57 Å². The Bertz CT molecular complexity index is 508. The monoisotopic (exact) mass is 298 g/mol. The smallest absolute Gasteiger partial charge is 0.169 e. The zero-order valence-corrected chi connectivity index (χ0v) is 13.7. The van der Waals surface area contributed by atoms with Crippen LogP contribution in [-0.2, 0) is 6.54 Å². The molecule has 0 fully saturated rings. The van der Waals surface area contributed by atoms with E-state index in [1.165, 1.54) is 49.8 Å². The first-order valence-electron chi connectivity index (χ1n) is 8.50. The van der Waals surface area contributed by atoms with E-state index < -0.39 is 0 Å². The highest BCUT2D eigenvalue weighted by Gasteiger charge is 2.02. The molecule has 0 amide bonds. The first kappa shape index (κ1) is 16.6. The maximum Gasteiger partial charge on any atom is 0.169 e. The van der Waals surface area contributed by atoms with Gasteiger partial charge in [-0.1, -0.05) is 13.3 Å². The lowest BCUT2D eigenvalue weighted by Crippen LogP contribution is -2.32. The number of nitrogens with one attached hydrogen (secondary N) is 1. The number of aryl methyl sites for hydroxylation is 1. The van der Waals surface area contributed by atoms with E-state index in [9.17, 15) is 0 Å². The standard InChI is InChI=1S/C19H28N3/c1-2-3-11-20-12-5-4-6-15-22-16-9-19(10-17-22)18-7-13-21-14-8-18/h7-10,13-14,16-17,20H,2-6,11-12,15H2,1H3/q+1. The second-order valence-electron chi connectivity index (χ2n) is 5.72. The van der Waals surface area contributed by atoms with Gasteiger partial charge in [0.25, 0.3) is 0 Å². The first-order valence-corrected chi connectivity index (χ1v) is 8.50. The molecule has 118 valence electrons. The van der Waals surface area contributed by atoms with Crippen LogP contribution in [0, 0.1) is 0 Å². The quantitative estimate of drug-likeness (QED) is 0.536. The van der Waals surface area contributed by atoms with Gasteiger partial charge in [0.15, 0.2) is 12.4 Å². The molecule has 0 radical (unpaired) electrons. The number of nitrogens with zero attached hydrogens (tertiary/aromatic N) is 2. The third-order valence-electron chi connectivity index (χ3n) is 3.88. The molecule has 0 unspecified atom stereocenters. The minimum Gasteiger partial charge on any atom is -0.317 e. The van der Waals surface area contributed by atoms with Crippen LogP contribution in [0.1, 0.15) is 39.0 Å². The summed E-state index contributed by atoms with van der Waals surface area (Å²) in [5, 5.41) is 3.50. The fraction of sp³-hybridized carbons (Fsp3) is 0.474. The molecule has 2 rings (SSSR count). The summed E-state index contributed by atoms with van der Waals surface area (Å²) in [6.07, 6.45) is 14.4. The van der Waals surface area contributed by atoms with Gasteiger partial charge < -0.3 is 5.32 Å². The minimum atomic E-state index is 1.10. The van der Waals surface area contributed by atoms with Crippen LogP contribution in [0.5, 0.6) is 0 Å². The number of unbranched alkanes of at least 4 members (excludes halogenated alkanes) is 3. The van der Waals surface area contributed by atoms with E-state index in [1.807, 2.05) is 24.5 Å². The minimum absolute atomic E-state index is 1.10. The molecule has 0 aliphatic heterocycles. The van der Waals surface area contributed by atoms with E-state index in [0.717, 1.165) is 13.1 Å². The molecule has 22 heavy (non-hydrogen) atoms. The van der Waals surface area contributed by atoms with Crippen molar-refractivity contribution in [3.05, 3.63) is 49.1 Å². The van der Waals surface area contributed by atoms with Crippen LogP contribution in [0.15, 0.2) is 49.1 Å². The van der Waals surface area contributed by atoms with Crippen LogP contribution >= 0.6 is 0 Å². The maximum atomic E-state index is 4.06. The Morgan fingerprint density at radius 1 is 0.864 bits per heavy atom. The molecule has 0 saturated carbocycles. The zero-order valence-electron chi connectivity index (χ0n) is 13.7. The van der Waals surface area contributed by atoms with Crippen LogP contribution in [0.4, 0.5) is 0 Å². The number of aromatic nitrogens is 2. The lowest BCUT2D eigenvalue weighted by molar-refractivity contribution is -0.697. The fourth-order valence-corrected chi connectivity index (χ4v) is 2.49. The predicted octanol–water partition coefficient (Wildman–Crippen LogP) is 3.60. The van der Waals surface area contributed by atoms with E-state index in [1.54, 1.807) is 0 Å². The summed E-state index contributed by atoms with van der Waals surface area (Å²) >= 11 is 0. The Morgan fingerprint density at radius 3 is 2.27 bits per heavy atom. The predicted molar refractivity (Wildman–Crippen MR) is 91.5 cm³/mol. The zero-order chi connectivity index (χ0) is 15.5. The van der Waals surface area contributed by atoms with E-state index in [4.69, 9.17) is 0 Å². The molecule has 1 N–H and O–H groups in total. The molecule has 3 nitrogen and oxygen atoms in total. The molecule has 0 saturated heterocycles. The first-order chi connectivity index (χ1) is 10.9. The number of rotatable bonds is 10. The van der Waals surface area contributed by atoms with Gasteiger partial charge in [-0.25, -0.2) is 4.57 Å². The van der Waals surface area contributed by atoms with Crippen LogP contribution in [-0.4, -0.2) is 18.1 Å². The van der Waals surface area contributed by atoms with Gasteiger partial charge in [-0.2, -0.15) is 0 Å². The average molecular weight is 298 g/mol. The maximum absolute atomic E-state index is 4.06.